The molecule has 28 heavy (non-hydrogen) atoms. The van der Waals surface area contributed by atoms with Gasteiger partial charge in [-0.1, -0.05) is 41.4 Å². The predicted octanol–water partition coefficient (Wildman–Crippen LogP) is 4.70. The largest absolute Gasteiger partial charge is 0.486 e. The van der Waals surface area contributed by atoms with E-state index in [1.54, 1.807) is 48.2 Å². The Kier molecular flexibility index (Phi) is 5.95. The fourth-order valence-corrected chi connectivity index (χ4v) is 3.76. The molecule has 1 amide bonds. The summed E-state index contributed by atoms with van der Waals surface area (Å²) in [5.74, 6) is 0.564. The lowest BCUT2D eigenvalue weighted by Gasteiger charge is -2.44. The van der Waals surface area contributed by atoms with Crippen molar-refractivity contribution in [2.45, 2.75) is 44.3 Å². The van der Waals surface area contributed by atoms with Gasteiger partial charge < -0.3 is 14.7 Å². The highest BCUT2D eigenvalue weighted by molar-refractivity contribution is 6.30. The second-order valence-corrected chi connectivity index (χ2v) is 8.93. The number of nitrogens with zero attached hydrogens (tertiary/aromatic N) is 1. The molecule has 2 atom stereocenters. The van der Waals surface area contributed by atoms with Crippen LogP contribution in [0.3, 0.4) is 0 Å². The van der Waals surface area contributed by atoms with Gasteiger partial charge in [0.05, 0.1) is 12.0 Å². The molecular weight excluding hydrogens is 397 g/mol. The summed E-state index contributed by atoms with van der Waals surface area (Å²) < 4.78 is 6.02. The van der Waals surface area contributed by atoms with Crippen molar-refractivity contribution in [3.63, 3.8) is 0 Å². The van der Waals surface area contributed by atoms with Crippen molar-refractivity contribution in [1.82, 2.24) is 4.90 Å². The lowest BCUT2D eigenvalue weighted by atomic mass is 9.81. The molecule has 150 valence electrons. The van der Waals surface area contributed by atoms with Crippen LogP contribution in [0.15, 0.2) is 48.5 Å². The molecule has 1 saturated heterocycles. The number of aliphatic hydroxyl groups is 1. The van der Waals surface area contributed by atoms with Crippen LogP contribution >= 0.6 is 23.2 Å². The van der Waals surface area contributed by atoms with Crippen molar-refractivity contribution in [1.29, 1.82) is 0 Å². The predicted molar refractivity (Wildman–Crippen MR) is 112 cm³/mol. The summed E-state index contributed by atoms with van der Waals surface area (Å²) in [6, 6.07) is 14.4. The maximum atomic E-state index is 13.3. The molecule has 0 unspecified atom stereocenters. The molecule has 1 aliphatic heterocycles. The maximum absolute atomic E-state index is 13.3. The summed E-state index contributed by atoms with van der Waals surface area (Å²) >= 11 is 12.0. The molecule has 3 rings (SSSR count). The first-order valence-electron chi connectivity index (χ1n) is 9.29. The molecule has 6 heteroatoms. The molecule has 0 radical (unpaired) electrons. The number of halogens is 2. The molecule has 0 aromatic heterocycles. The van der Waals surface area contributed by atoms with Gasteiger partial charge in [-0.2, -0.15) is 0 Å². The molecule has 2 aromatic rings. The Morgan fingerprint density at radius 3 is 2.50 bits per heavy atom. The summed E-state index contributed by atoms with van der Waals surface area (Å²) in [4.78, 5) is 15.1. The summed E-state index contributed by atoms with van der Waals surface area (Å²) in [6.07, 6.45) is -0.120. The van der Waals surface area contributed by atoms with Gasteiger partial charge in [0.25, 0.3) is 0 Å². The lowest BCUT2D eigenvalue weighted by Crippen LogP contribution is -2.59. The summed E-state index contributed by atoms with van der Waals surface area (Å²) in [6.45, 7) is 6.32. The van der Waals surface area contributed by atoms with Gasteiger partial charge in [-0.05, 0) is 63.1 Å². The zero-order valence-corrected chi connectivity index (χ0v) is 17.8. The van der Waals surface area contributed by atoms with E-state index in [-0.39, 0.29) is 5.91 Å². The van der Waals surface area contributed by atoms with E-state index in [1.807, 2.05) is 26.0 Å². The topological polar surface area (TPSA) is 49.8 Å². The normalized spacial score (nSPS) is 22.8. The van der Waals surface area contributed by atoms with Crippen LogP contribution in [0.2, 0.25) is 10.0 Å². The van der Waals surface area contributed by atoms with Crippen molar-refractivity contribution in [3.8, 4) is 5.75 Å². The van der Waals surface area contributed by atoms with E-state index >= 15 is 0 Å². The molecular formula is C22H25Cl2NO3. The van der Waals surface area contributed by atoms with Gasteiger partial charge in [-0.3, -0.25) is 4.79 Å². The monoisotopic (exact) mass is 421 g/mol. The van der Waals surface area contributed by atoms with Gasteiger partial charge in [0.2, 0.25) is 5.91 Å². The Bertz CT molecular complexity index is 849. The highest BCUT2D eigenvalue weighted by atomic mass is 35.5. The highest BCUT2D eigenvalue weighted by Crippen LogP contribution is 2.32. The van der Waals surface area contributed by atoms with Crippen LogP contribution in [-0.2, 0) is 10.2 Å². The maximum Gasteiger partial charge on any atom is 0.232 e. The van der Waals surface area contributed by atoms with Gasteiger partial charge in [-0.25, -0.2) is 0 Å². The smallest absolute Gasteiger partial charge is 0.232 e. The van der Waals surface area contributed by atoms with Gasteiger partial charge in [-0.15, -0.1) is 0 Å². The van der Waals surface area contributed by atoms with Gasteiger partial charge in [0, 0.05) is 16.6 Å². The van der Waals surface area contributed by atoms with Crippen LogP contribution in [0.25, 0.3) is 0 Å². The van der Waals surface area contributed by atoms with Crippen molar-refractivity contribution >= 4 is 29.1 Å². The minimum absolute atomic E-state index is 0.00924. The minimum Gasteiger partial charge on any atom is -0.486 e. The Labute approximate surface area is 176 Å². The first kappa shape index (κ1) is 21.0. The fourth-order valence-electron chi connectivity index (χ4n) is 3.45. The van der Waals surface area contributed by atoms with Crippen molar-refractivity contribution in [2.75, 3.05) is 13.1 Å². The van der Waals surface area contributed by atoms with Crippen LogP contribution in [-0.4, -0.2) is 40.7 Å². The van der Waals surface area contributed by atoms with E-state index in [0.29, 0.717) is 35.3 Å². The third kappa shape index (κ3) is 4.45. The lowest BCUT2D eigenvalue weighted by molar-refractivity contribution is -0.148. The Balaban J connectivity index is 1.79. The van der Waals surface area contributed by atoms with Crippen LogP contribution in [0, 0.1) is 0 Å². The van der Waals surface area contributed by atoms with E-state index in [9.17, 15) is 9.90 Å². The summed E-state index contributed by atoms with van der Waals surface area (Å²) in [7, 11) is 0. The third-order valence-corrected chi connectivity index (χ3v) is 5.92. The first-order chi connectivity index (χ1) is 13.1. The number of amides is 1. The van der Waals surface area contributed by atoms with Gasteiger partial charge >= 0.3 is 0 Å². The zero-order valence-electron chi connectivity index (χ0n) is 16.3. The molecule has 0 aliphatic carbocycles. The van der Waals surface area contributed by atoms with E-state index in [4.69, 9.17) is 27.9 Å². The van der Waals surface area contributed by atoms with E-state index in [1.165, 1.54) is 0 Å². The second-order valence-electron chi connectivity index (χ2n) is 8.05. The molecule has 0 saturated carbocycles. The first-order valence-corrected chi connectivity index (χ1v) is 10.1. The SMILES string of the molecule is CC(C)(C(=O)N1CC[C@](C)(O)[C@@H](Oc2cccc(Cl)c2)C1)c1ccc(Cl)cc1. The van der Waals surface area contributed by atoms with Crippen LogP contribution in [0.4, 0.5) is 0 Å². The molecule has 1 fully saturated rings. The third-order valence-electron chi connectivity index (χ3n) is 5.43. The number of likely N-dealkylation sites (tertiary alicyclic amines) is 1. The average molecular weight is 422 g/mol. The number of hydrogen-bond donors (Lipinski definition) is 1. The molecule has 1 heterocycles. The molecule has 1 aliphatic rings. The Hall–Kier alpha value is -1.75. The van der Waals surface area contributed by atoms with Crippen molar-refractivity contribution in [3.05, 3.63) is 64.1 Å². The van der Waals surface area contributed by atoms with Gasteiger partial charge in [0.1, 0.15) is 17.5 Å². The number of benzene rings is 2. The molecule has 2 aromatic carbocycles. The number of hydrogen-bond acceptors (Lipinski definition) is 3. The molecule has 0 bridgehead atoms. The van der Waals surface area contributed by atoms with Crippen LogP contribution in [0.5, 0.6) is 5.75 Å². The standard InChI is InChI=1S/C22H25Cl2NO3/c1-21(2,15-7-9-16(23)10-8-15)20(26)25-12-11-22(3,27)19(14-25)28-18-6-4-5-17(24)13-18/h4-10,13,19,27H,11-12,14H2,1-3H3/t19-,22-/m0/s1. The van der Waals surface area contributed by atoms with E-state index < -0.39 is 17.1 Å². The van der Waals surface area contributed by atoms with E-state index in [2.05, 4.69) is 0 Å². The van der Waals surface area contributed by atoms with Crippen LogP contribution < -0.4 is 4.74 Å². The minimum atomic E-state index is -1.04. The summed E-state index contributed by atoms with van der Waals surface area (Å²) in [5.41, 5.74) is -0.857. The van der Waals surface area contributed by atoms with Crippen molar-refractivity contribution in [2.24, 2.45) is 0 Å². The Morgan fingerprint density at radius 2 is 1.86 bits per heavy atom. The van der Waals surface area contributed by atoms with Crippen LogP contribution in [0.1, 0.15) is 32.8 Å². The Morgan fingerprint density at radius 1 is 1.18 bits per heavy atom. The second kappa shape index (κ2) is 7.94. The molecule has 4 nitrogen and oxygen atoms in total. The zero-order chi connectivity index (χ0) is 20.5. The number of rotatable bonds is 4. The fraction of sp³-hybridized carbons (Fsp3) is 0.409. The number of carbonyl (C=O) groups is 1. The van der Waals surface area contributed by atoms with Crippen molar-refractivity contribution < 1.29 is 14.6 Å². The molecule has 1 N–H and O–H groups in total. The number of carbonyl (C=O) groups excluding carboxylic acids is 1. The van der Waals surface area contributed by atoms with Gasteiger partial charge in [0.15, 0.2) is 0 Å². The van der Waals surface area contributed by atoms with E-state index in [0.717, 1.165) is 5.56 Å². The molecule has 0 spiro atoms. The number of piperidine rings is 1. The average Bonchev–Trinajstić information content (AvgIpc) is 2.63. The quantitative estimate of drug-likeness (QED) is 0.777. The number of ether oxygens (including phenoxy) is 1. The highest BCUT2D eigenvalue weighted by Gasteiger charge is 2.44. The summed E-state index contributed by atoms with van der Waals surface area (Å²) in [5, 5.41) is 12.0.